The lowest BCUT2D eigenvalue weighted by Gasteiger charge is -2.35. The van der Waals surface area contributed by atoms with E-state index < -0.39 is 0 Å². The zero-order valence-corrected chi connectivity index (χ0v) is 30.0. The van der Waals surface area contributed by atoms with Crippen LogP contribution < -0.4 is 25.8 Å². The van der Waals surface area contributed by atoms with Gasteiger partial charge in [-0.1, -0.05) is 18.2 Å². The smallest absolute Gasteiger partial charge is 0.259 e. The third-order valence-electron chi connectivity index (χ3n) is 8.88. The van der Waals surface area contributed by atoms with Gasteiger partial charge in [0.25, 0.3) is 11.8 Å². The van der Waals surface area contributed by atoms with Crippen LogP contribution in [-0.4, -0.2) is 87.6 Å². The van der Waals surface area contributed by atoms with Crippen LogP contribution in [0.15, 0.2) is 60.7 Å². The van der Waals surface area contributed by atoms with E-state index in [2.05, 4.69) is 29.6 Å². The number of carbonyl (C=O) groups is 3. The number of anilines is 2. The zero-order chi connectivity index (χ0) is 35.9. The summed E-state index contributed by atoms with van der Waals surface area (Å²) < 4.78 is 17.3. The van der Waals surface area contributed by atoms with Gasteiger partial charge < -0.3 is 40.4 Å². The highest BCUT2D eigenvalue weighted by Crippen LogP contribution is 2.28. The molecule has 1 fully saturated rings. The predicted molar refractivity (Wildman–Crippen MR) is 197 cm³/mol. The van der Waals surface area contributed by atoms with Crippen LogP contribution in [0.4, 0.5) is 11.4 Å². The molecule has 1 aliphatic heterocycles. The van der Waals surface area contributed by atoms with Crippen LogP contribution in [0.5, 0.6) is 11.5 Å². The number of benzene rings is 3. The Balaban J connectivity index is 1.31. The van der Waals surface area contributed by atoms with E-state index in [4.69, 9.17) is 19.9 Å². The number of likely N-dealkylation sites (tertiary alicyclic amines) is 1. The van der Waals surface area contributed by atoms with Crippen molar-refractivity contribution < 1.29 is 28.6 Å². The van der Waals surface area contributed by atoms with Gasteiger partial charge in [0.15, 0.2) is 0 Å². The van der Waals surface area contributed by atoms with Crippen LogP contribution in [0.25, 0.3) is 0 Å². The van der Waals surface area contributed by atoms with Gasteiger partial charge in [-0.15, -0.1) is 0 Å². The van der Waals surface area contributed by atoms with E-state index in [1.165, 1.54) is 0 Å². The van der Waals surface area contributed by atoms with Crippen molar-refractivity contribution in [2.45, 2.75) is 64.5 Å². The molecule has 3 aromatic carbocycles. The van der Waals surface area contributed by atoms with Gasteiger partial charge in [0.1, 0.15) is 11.5 Å². The van der Waals surface area contributed by atoms with E-state index in [-0.39, 0.29) is 24.3 Å². The fourth-order valence-electron chi connectivity index (χ4n) is 5.94. The van der Waals surface area contributed by atoms with E-state index in [1.807, 2.05) is 36.1 Å². The largest absolute Gasteiger partial charge is 0.493 e. The van der Waals surface area contributed by atoms with Crippen LogP contribution in [0.1, 0.15) is 76.8 Å². The number of amides is 3. The predicted octanol–water partition coefficient (Wildman–Crippen LogP) is 5.87. The van der Waals surface area contributed by atoms with Crippen LogP contribution in [0, 0.1) is 6.92 Å². The first-order valence-corrected chi connectivity index (χ1v) is 17.5. The first-order valence-electron chi connectivity index (χ1n) is 17.5. The summed E-state index contributed by atoms with van der Waals surface area (Å²) >= 11 is 0. The van der Waals surface area contributed by atoms with Crippen molar-refractivity contribution in [3.8, 4) is 11.5 Å². The Morgan fingerprint density at radius 2 is 1.54 bits per heavy atom. The Morgan fingerprint density at radius 3 is 2.28 bits per heavy atom. The monoisotopic (exact) mass is 687 g/mol. The third-order valence-corrected chi connectivity index (χ3v) is 8.88. The van der Waals surface area contributed by atoms with Crippen LogP contribution in [0.3, 0.4) is 0 Å². The first-order chi connectivity index (χ1) is 24.2. The highest BCUT2D eigenvalue weighted by atomic mass is 16.5. The average Bonchev–Trinajstić information content (AvgIpc) is 3.11. The van der Waals surface area contributed by atoms with Crippen molar-refractivity contribution in [2.75, 3.05) is 64.7 Å². The molecule has 11 heteroatoms. The summed E-state index contributed by atoms with van der Waals surface area (Å²) in [5, 5.41) is 5.93. The number of unbranched alkanes of at least 4 members (excludes halogenated alkanes) is 2. The fraction of sp³-hybridized carbons (Fsp3) is 0.462. The van der Waals surface area contributed by atoms with Crippen LogP contribution in [-0.2, 0) is 16.1 Å². The van der Waals surface area contributed by atoms with E-state index >= 15 is 0 Å². The highest BCUT2D eigenvalue weighted by Gasteiger charge is 2.23. The molecule has 0 unspecified atom stereocenters. The molecule has 0 atom stereocenters. The normalized spacial score (nSPS) is 13.3. The number of hydrogen-bond donors (Lipinski definition) is 3. The summed E-state index contributed by atoms with van der Waals surface area (Å²) in [6.07, 6.45) is 5.80. The molecule has 0 radical (unpaired) electrons. The lowest BCUT2D eigenvalue weighted by molar-refractivity contribution is -0.132. The number of nitrogens with zero attached hydrogens (tertiary/aromatic N) is 2. The third kappa shape index (κ3) is 11.3. The number of nitrogens with two attached hydrogens (primary N) is 1. The summed E-state index contributed by atoms with van der Waals surface area (Å²) in [6.45, 7) is 5.21. The molecule has 0 spiro atoms. The van der Waals surface area contributed by atoms with E-state index in [0.717, 1.165) is 50.8 Å². The molecule has 4 N–H and O–H groups in total. The number of aryl methyl sites for hydroxylation is 1. The quantitative estimate of drug-likeness (QED) is 0.142. The molecule has 0 aromatic heterocycles. The Bertz CT molecular complexity index is 1570. The molecule has 0 saturated carbocycles. The molecule has 1 saturated heterocycles. The topological polar surface area (TPSA) is 135 Å². The number of hydrogen-bond acceptors (Lipinski definition) is 8. The number of rotatable bonds is 18. The number of nitrogens with one attached hydrogen (secondary N) is 2. The number of para-hydroxylation sites is 1. The Hall–Kier alpha value is -4.45. The van der Waals surface area contributed by atoms with Gasteiger partial charge in [0.2, 0.25) is 5.91 Å². The maximum Gasteiger partial charge on any atom is 0.259 e. The van der Waals surface area contributed by atoms with E-state index in [1.54, 1.807) is 43.5 Å². The maximum atomic E-state index is 13.4. The van der Waals surface area contributed by atoms with E-state index in [9.17, 15) is 14.4 Å². The minimum atomic E-state index is -0.337. The molecule has 3 amide bonds. The van der Waals surface area contributed by atoms with E-state index in [0.29, 0.717) is 78.2 Å². The minimum absolute atomic E-state index is 0.185. The minimum Gasteiger partial charge on any atom is -0.493 e. The van der Waals surface area contributed by atoms with Gasteiger partial charge in [-0.05, 0) is 114 Å². The summed E-state index contributed by atoms with van der Waals surface area (Å²) in [5.41, 5.74) is 9.13. The molecule has 4 rings (SSSR count). The number of ether oxygens (including phenoxy) is 3. The first kappa shape index (κ1) is 38.4. The molecule has 3 aromatic rings. The van der Waals surface area contributed by atoms with Crippen LogP contribution in [0.2, 0.25) is 0 Å². The van der Waals surface area contributed by atoms with Crippen molar-refractivity contribution in [1.29, 1.82) is 0 Å². The second-order valence-electron chi connectivity index (χ2n) is 12.9. The van der Waals surface area contributed by atoms with Crippen molar-refractivity contribution in [2.24, 2.45) is 5.73 Å². The Morgan fingerprint density at radius 1 is 0.840 bits per heavy atom. The van der Waals surface area contributed by atoms with Crippen molar-refractivity contribution >= 4 is 29.1 Å². The molecule has 1 aliphatic rings. The molecule has 270 valence electrons. The average molecular weight is 688 g/mol. The number of carbonyl (C=O) groups excluding carboxylic acids is 3. The zero-order valence-electron chi connectivity index (χ0n) is 30.0. The fourth-order valence-corrected chi connectivity index (χ4v) is 5.94. The Labute approximate surface area is 296 Å². The second kappa shape index (κ2) is 19.7. The van der Waals surface area contributed by atoms with Gasteiger partial charge in [-0.3, -0.25) is 14.4 Å². The Kier molecular flexibility index (Phi) is 15.1. The molecular weight excluding hydrogens is 634 g/mol. The summed E-state index contributed by atoms with van der Waals surface area (Å²) in [4.78, 5) is 43.6. The number of methoxy groups -OCH3 is 1. The second-order valence-corrected chi connectivity index (χ2v) is 12.9. The molecule has 50 heavy (non-hydrogen) atoms. The SMILES string of the molecule is COCc1cc(C(=O)Nc2ccc(C)cc2OCCCCCC(=O)N2CCC(N(C)C)CC2)ccc1NC(=O)c1ccccc1OCCCN. The molecule has 1 heterocycles. The molecular formula is C39H53N5O6. The van der Waals surface area contributed by atoms with Gasteiger partial charge in [0.05, 0.1) is 31.1 Å². The lowest BCUT2D eigenvalue weighted by atomic mass is 10.0. The van der Waals surface area contributed by atoms with Crippen LogP contribution >= 0.6 is 0 Å². The van der Waals surface area contributed by atoms with Gasteiger partial charge >= 0.3 is 0 Å². The lowest BCUT2D eigenvalue weighted by Crippen LogP contribution is -2.44. The summed E-state index contributed by atoms with van der Waals surface area (Å²) in [6, 6.07) is 18.3. The van der Waals surface area contributed by atoms with Crippen molar-refractivity contribution in [3.63, 3.8) is 0 Å². The maximum absolute atomic E-state index is 13.4. The van der Waals surface area contributed by atoms with Crippen molar-refractivity contribution in [3.05, 3.63) is 82.9 Å². The standard InChI is InChI=1S/C39H53N5O6/c1-28-14-16-34(36(25-28)50-23-9-5-6-13-37(45)44-21-18-31(19-22-44)43(2)3)42-38(46)29-15-17-33(30(26-29)27-48-4)41-39(47)32-11-7-8-12-35(32)49-24-10-20-40/h7-8,11-12,14-17,25-26,31H,5-6,9-10,13,18-24,27,40H2,1-4H3,(H,41,47)(H,42,46). The van der Waals surface area contributed by atoms with Gasteiger partial charge in [0, 0.05) is 49.5 Å². The molecule has 0 aliphatic carbocycles. The van der Waals surface area contributed by atoms with Gasteiger partial charge in [-0.25, -0.2) is 0 Å². The molecule has 0 bridgehead atoms. The van der Waals surface area contributed by atoms with Crippen molar-refractivity contribution in [1.82, 2.24) is 9.80 Å². The molecule has 11 nitrogen and oxygen atoms in total. The highest BCUT2D eigenvalue weighted by molar-refractivity contribution is 6.08. The van der Waals surface area contributed by atoms with Gasteiger partial charge in [-0.2, -0.15) is 0 Å². The summed E-state index contributed by atoms with van der Waals surface area (Å²) in [7, 11) is 5.76. The number of piperidine rings is 1. The summed E-state index contributed by atoms with van der Waals surface area (Å²) in [5.74, 6) is 0.647.